The first-order valence-electron chi connectivity index (χ1n) is 9.14. The summed E-state index contributed by atoms with van der Waals surface area (Å²) in [6.45, 7) is 6.52. The highest BCUT2D eigenvalue weighted by atomic mass is 16.5. The standard InChI is InChI=1S/C21H25N3O3/c1-21(2,3)20-22-18(27-23-20)12-7-13-19(25)24(15-17-11-8-14-26-17)16-9-5-4-6-10-16/h4-6,8-11,14H,7,12-13,15H2,1-3H3. The molecule has 0 spiro atoms. The summed E-state index contributed by atoms with van der Waals surface area (Å²) in [5.41, 5.74) is 0.705. The third kappa shape index (κ3) is 5.06. The van der Waals surface area contributed by atoms with Crippen molar-refractivity contribution in [2.24, 2.45) is 0 Å². The number of benzene rings is 1. The van der Waals surface area contributed by atoms with Gasteiger partial charge in [-0.15, -0.1) is 0 Å². The van der Waals surface area contributed by atoms with E-state index in [9.17, 15) is 4.79 Å². The fourth-order valence-electron chi connectivity index (χ4n) is 2.68. The molecule has 0 atom stereocenters. The summed E-state index contributed by atoms with van der Waals surface area (Å²) in [6.07, 6.45) is 3.23. The van der Waals surface area contributed by atoms with Crippen LogP contribution in [0, 0.1) is 0 Å². The summed E-state index contributed by atoms with van der Waals surface area (Å²) in [5, 5.41) is 4.02. The Morgan fingerprint density at radius 3 is 2.52 bits per heavy atom. The van der Waals surface area contributed by atoms with Gasteiger partial charge < -0.3 is 13.8 Å². The highest BCUT2D eigenvalue weighted by molar-refractivity contribution is 5.93. The van der Waals surface area contributed by atoms with Crippen LogP contribution in [0.15, 0.2) is 57.7 Å². The Hall–Kier alpha value is -2.89. The van der Waals surface area contributed by atoms with Gasteiger partial charge in [-0.3, -0.25) is 4.79 Å². The summed E-state index contributed by atoms with van der Waals surface area (Å²) in [5.74, 6) is 2.05. The van der Waals surface area contributed by atoms with Gasteiger partial charge in [-0.05, 0) is 30.7 Å². The highest BCUT2D eigenvalue weighted by Crippen LogP contribution is 2.21. The van der Waals surface area contributed by atoms with Gasteiger partial charge in [0.15, 0.2) is 5.82 Å². The van der Waals surface area contributed by atoms with Crippen LogP contribution in [0.2, 0.25) is 0 Å². The molecule has 6 heteroatoms. The van der Waals surface area contributed by atoms with E-state index in [0.717, 1.165) is 11.4 Å². The number of aromatic nitrogens is 2. The molecule has 0 radical (unpaired) electrons. The molecule has 0 aliphatic heterocycles. The van der Waals surface area contributed by atoms with E-state index in [0.29, 0.717) is 37.5 Å². The third-order valence-electron chi connectivity index (χ3n) is 4.18. The van der Waals surface area contributed by atoms with E-state index in [1.807, 2.05) is 63.2 Å². The number of para-hydroxylation sites is 1. The number of aryl methyl sites for hydroxylation is 1. The lowest BCUT2D eigenvalue weighted by atomic mass is 9.96. The predicted molar refractivity (Wildman–Crippen MR) is 102 cm³/mol. The van der Waals surface area contributed by atoms with Gasteiger partial charge in [0.2, 0.25) is 11.8 Å². The minimum Gasteiger partial charge on any atom is -0.467 e. The Morgan fingerprint density at radius 2 is 1.89 bits per heavy atom. The van der Waals surface area contributed by atoms with Gasteiger partial charge in [-0.2, -0.15) is 4.98 Å². The van der Waals surface area contributed by atoms with E-state index in [1.54, 1.807) is 11.2 Å². The molecule has 0 N–H and O–H groups in total. The van der Waals surface area contributed by atoms with Crippen LogP contribution in [-0.4, -0.2) is 16.0 Å². The lowest BCUT2D eigenvalue weighted by Crippen LogP contribution is -2.30. The fourth-order valence-corrected chi connectivity index (χ4v) is 2.68. The molecule has 6 nitrogen and oxygen atoms in total. The Kier molecular flexibility index (Phi) is 5.74. The maximum atomic E-state index is 12.8. The zero-order chi connectivity index (χ0) is 19.3. The Balaban J connectivity index is 1.62. The van der Waals surface area contributed by atoms with Crippen molar-refractivity contribution in [3.63, 3.8) is 0 Å². The summed E-state index contributed by atoms with van der Waals surface area (Å²) in [7, 11) is 0. The van der Waals surface area contributed by atoms with Gasteiger partial charge in [-0.25, -0.2) is 0 Å². The average Bonchev–Trinajstić information content (AvgIpc) is 3.32. The van der Waals surface area contributed by atoms with E-state index >= 15 is 0 Å². The molecule has 0 unspecified atom stereocenters. The van der Waals surface area contributed by atoms with Crippen LogP contribution in [-0.2, 0) is 23.2 Å². The van der Waals surface area contributed by atoms with Crippen LogP contribution < -0.4 is 4.90 Å². The van der Waals surface area contributed by atoms with Crippen molar-refractivity contribution in [3.8, 4) is 0 Å². The predicted octanol–water partition coefficient (Wildman–Crippen LogP) is 4.52. The first kappa shape index (κ1) is 18.9. The number of carbonyl (C=O) groups is 1. The lowest BCUT2D eigenvalue weighted by molar-refractivity contribution is -0.118. The second-order valence-electron chi connectivity index (χ2n) is 7.51. The molecular formula is C21H25N3O3. The highest BCUT2D eigenvalue weighted by Gasteiger charge is 2.21. The maximum absolute atomic E-state index is 12.8. The van der Waals surface area contributed by atoms with Gasteiger partial charge in [0, 0.05) is 23.9 Å². The Bertz CT molecular complexity index is 848. The van der Waals surface area contributed by atoms with Crippen LogP contribution >= 0.6 is 0 Å². The van der Waals surface area contributed by atoms with Crippen LogP contribution in [0.25, 0.3) is 0 Å². The van der Waals surface area contributed by atoms with E-state index < -0.39 is 0 Å². The maximum Gasteiger partial charge on any atom is 0.227 e. The summed E-state index contributed by atoms with van der Waals surface area (Å²) < 4.78 is 10.7. The largest absolute Gasteiger partial charge is 0.467 e. The van der Waals surface area contributed by atoms with E-state index in [2.05, 4.69) is 10.1 Å². The molecule has 0 saturated heterocycles. The smallest absolute Gasteiger partial charge is 0.227 e. The van der Waals surface area contributed by atoms with Crippen molar-refractivity contribution in [2.45, 2.75) is 52.0 Å². The molecule has 27 heavy (non-hydrogen) atoms. The number of anilines is 1. The van der Waals surface area contributed by atoms with Crippen molar-refractivity contribution in [1.29, 1.82) is 0 Å². The number of carbonyl (C=O) groups excluding carboxylic acids is 1. The zero-order valence-corrected chi connectivity index (χ0v) is 16.0. The number of nitrogens with zero attached hydrogens (tertiary/aromatic N) is 3. The topological polar surface area (TPSA) is 72.4 Å². The molecular weight excluding hydrogens is 342 g/mol. The molecule has 1 amide bonds. The summed E-state index contributed by atoms with van der Waals surface area (Å²) >= 11 is 0. The molecule has 0 bridgehead atoms. The second-order valence-corrected chi connectivity index (χ2v) is 7.51. The van der Waals surface area contributed by atoms with Crippen LogP contribution in [0.3, 0.4) is 0 Å². The molecule has 0 aliphatic carbocycles. The molecule has 0 saturated carbocycles. The molecule has 0 fully saturated rings. The summed E-state index contributed by atoms with van der Waals surface area (Å²) in [4.78, 5) is 19.0. The zero-order valence-electron chi connectivity index (χ0n) is 16.0. The van der Waals surface area contributed by atoms with Crippen molar-refractivity contribution in [2.75, 3.05) is 4.90 Å². The van der Waals surface area contributed by atoms with Crippen molar-refractivity contribution in [3.05, 3.63) is 66.2 Å². The Morgan fingerprint density at radius 1 is 1.11 bits per heavy atom. The molecule has 3 rings (SSSR count). The minimum absolute atomic E-state index is 0.0353. The lowest BCUT2D eigenvalue weighted by Gasteiger charge is -2.21. The Labute approximate surface area is 159 Å². The average molecular weight is 367 g/mol. The summed E-state index contributed by atoms with van der Waals surface area (Å²) in [6, 6.07) is 13.3. The molecule has 3 aromatic rings. The first-order valence-corrected chi connectivity index (χ1v) is 9.14. The van der Waals surface area contributed by atoms with Gasteiger partial charge in [0.1, 0.15) is 5.76 Å². The normalized spacial score (nSPS) is 11.5. The SMILES string of the molecule is CC(C)(C)c1noc(CCCC(=O)N(Cc2ccco2)c2ccccc2)n1. The minimum atomic E-state index is -0.148. The van der Waals surface area contributed by atoms with E-state index in [-0.39, 0.29) is 11.3 Å². The van der Waals surface area contributed by atoms with Crippen molar-refractivity contribution < 1.29 is 13.7 Å². The number of hydrogen-bond acceptors (Lipinski definition) is 5. The number of amides is 1. The van der Waals surface area contributed by atoms with Gasteiger partial charge >= 0.3 is 0 Å². The molecule has 2 aromatic heterocycles. The molecule has 142 valence electrons. The number of hydrogen-bond donors (Lipinski definition) is 0. The number of rotatable bonds is 7. The van der Waals surface area contributed by atoms with Crippen LogP contribution in [0.4, 0.5) is 5.69 Å². The van der Waals surface area contributed by atoms with E-state index in [1.165, 1.54) is 0 Å². The van der Waals surface area contributed by atoms with Crippen LogP contribution in [0.5, 0.6) is 0 Å². The van der Waals surface area contributed by atoms with Gasteiger partial charge in [-0.1, -0.05) is 44.1 Å². The van der Waals surface area contributed by atoms with Gasteiger partial charge in [0.25, 0.3) is 0 Å². The monoisotopic (exact) mass is 367 g/mol. The van der Waals surface area contributed by atoms with E-state index in [4.69, 9.17) is 8.94 Å². The fraction of sp³-hybridized carbons (Fsp3) is 0.381. The van der Waals surface area contributed by atoms with Gasteiger partial charge in [0.05, 0.1) is 12.8 Å². The molecule has 0 aliphatic rings. The van der Waals surface area contributed by atoms with Crippen molar-refractivity contribution >= 4 is 11.6 Å². The van der Waals surface area contributed by atoms with Crippen molar-refractivity contribution in [1.82, 2.24) is 10.1 Å². The number of furan rings is 1. The molecule has 1 aromatic carbocycles. The molecule has 2 heterocycles. The van der Waals surface area contributed by atoms with Crippen LogP contribution in [0.1, 0.15) is 51.1 Å². The third-order valence-corrected chi connectivity index (χ3v) is 4.18. The second kappa shape index (κ2) is 8.20. The first-order chi connectivity index (χ1) is 12.9. The quantitative estimate of drug-likeness (QED) is 0.614.